The van der Waals surface area contributed by atoms with Crippen LogP contribution in [0.15, 0.2) is 30.3 Å². The van der Waals surface area contributed by atoms with Gasteiger partial charge in [-0.05, 0) is 18.2 Å². The van der Waals surface area contributed by atoms with Crippen molar-refractivity contribution < 1.29 is 32.3 Å². The van der Waals surface area contributed by atoms with Crippen LogP contribution >= 0.6 is 0 Å². The standard InChI is InChI=1S/C21H24F3N3O5/c1-30-18-7-4-14(19(31-2)20(18)32-3)13-25-8-10-26(11-9-25)16-6-5-15(21(22,23)24)12-17(16)27(28)29/h4-7,12H,8-11,13H2,1-3H3. The van der Waals surface area contributed by atoms with Crippen molar-refractivity contribution in [1.82, 2.24) is 4.90 Å². The van der Waals surface area contributed by atoms with E-state index in [-0.39, 0.29) is 5.69 Å². The fourth-order valence-electron chi connectivity index (χ4n) is 3.79. The van der Waals surface area contributed by atoms with Gasteiger partial charge in [-0.25, -0.2) is 0 Å². The summed E-state index contributed by atoms with van der Waals surface area (Å²) in [5.74, 6) is 1.60. The third-order valence-corrected chi connectivity index (χ3v) is 5.39. The SMILES string of the molecule is COc1ccc(CN2CCN(c3ccc(C(F)(F)F)cc3[N+](=O)[O-])CC2)c(OC)c1OC. The largest absolute Gasteiger partial charge is 0.493 e. The number of halogens is 3. The number of nitrogens with zero attached hydrogens (tertiary/aromatic N) is 3. The van der Waals surface area contributed by atoms with Gasteiger partial charge in [-0.15, -0.1) is 0 Å². The molecule has 0 aromatic heterocycles. The number of nitro benzene ring substituents is 1. The summed E-state index contributed by atoms with van der Waals surface area (Å²) in [6.45, 7) is 2.54. The molecule has 0 bridgehead atoms. The third kappa shape index (κ3) is 4.82. The highest BCUT2D eigenvalue weighted by Gasteiger charge is 2.34. The fourth-order valence-corrected chi connectivity index (χ4v) is 3.79. The number of hydrogen-bond donors (Lipinski definition) is 0. The molecule has 1 aliphatic heterocycles. The number of benzene rings is 2. The summed E-state index contributed by atoms with van der Waals surface area (Å²) < 4.78 is 55.1. The first kappa shape index (κ1) is 23.5. The second-order valence-electron chi connectivity index (χ2n) is 7.22. The van der Waals surface area contributed by atoms with Crippen LogP contribution < -0.4 is 19.1 Å². The second kappa shape index (κ2) is 9.51. The van der Waals surface area contributed by atoms with Crippen LogP contribution in [0.4, 0.5) is 24.5 Å². The molecule has 3 rings (SSSR count). The average molecular weight is 455 g/mol. The fraction of sp³-hybridized carbons (Fsp3) is 0.429. The molecule has 1 heterocycles. The number of methoxy groups -OCH3 is 3. The third-order valence-electron chi connectivity index (χ3n) is 5.39. The Morgan fingerprint density at radius 3 is 2.16 bits per heavy atom. The number of nitro groups is 1. The van der Waals surface area contributed by atoms with E-state index in [0.29, 0.717) is 56.0 Å². The van der Waals surface area contributed by atoms with Crippen molar-refractivity contribution in [3.8, 4) is 17.2 Å². The molecule has 0 unspecified atom stereocenters. The zero-order valence-corrected chi connectivity index (χ0v) is 17.9. The minimum atomic E-state index is -4.64. The van der Waals surface area contributed by atoms with Gasteiger partial charge in [0.15, 0.2) is 11.5 Å². The van der Waals surface area contributed by atoms with Gasteiger partial charge in [0, 0.05) is 44.4 Å². The van der Waals surface area contributed by atoms with Gasteiger partial charge in [0.25, 0.3) is 5.69 Å². The van der Waals surface area contributed by atoms with Gasteiger partial charge in [0.05, 0.1) is 31.8 Å². The van der Waals surface area contributed by atoms with Gasteiger partial charge in [-0.2, -0.15) is 13.2 Å². The number of ether oxygens (including phenoxy) is 3. The minimum Gasteiger partial charge on any atom is -0.493 e. The predicted octanol–water partition coefficient (Wildman–Crippen LogP) is 3.96. The molecule has 1 fully saturated rings. The number of rotatable bonds is 7. The van der Waals surface area contributed by atoms with Gasteiger partial charge in [0.1, 0.15) is 5.69 Å². The Balaban J connectivity index is 1.75. The molecule has 1 aliphatic rings. The molecule has 174 valence electrons. The first-order valence-electron chi connectivity index (χ1n) is 9.80. The zero-order chi connectivity index (χ0) is 23.5. The molecule has 2 aromatic rings. The van der Waals surface area contributed by atoms with Gasteiger partial charge in [-0.1, -0.05) is 6.07 Å². The maximum absolute atomic E-state index is 13.0. The molecule has 0 saturated carbocycles. The summed E-state index contributed by atoms with van der Waals surface area (Å²) in [7, 11) is 4.61. The zero-order valence-electron chi connectivity index (χ0n) is 17.9. The van der Waals surface area contributed by atoms with Crippen molar-refractivity contribution in [3.05, 3.63) is 51.6 Å². The maximum Gasteiger partial charge on any atom is 0.416 e. The number of anilines is 1. The molecular weight excluding hydrogens is 431 g/mol. The molecule has 0 spiro atoms. The van der Waals surface area contributed by atoms with E-state index >= 15 is 0 Å². The van der Waals surface area contributed by atoms with Crippen molar-refractivity contribution in [2.24, 2.45) is 0 Å². The number of alkyl halides is 3. The molecule has 0 aliphatic carbocycles. The summed E-state index contributed by atoms with van der Waals surface area (Å²) >= 11 is 0. The molecule has 11 heteroatoms. The molecule has 8 nitrogen and oxygen atoms in total. The Hall–Kier alpha value is -3.21. The van der Waals surface area contributed by atoms with E-state index in [1.165, 1.54) is 20.3 Å². The lowest BCUT2D eigenvalue weighted by Crippen LogP contribution is -2.46. The highest BCUT2D eigenvalue weighted by Crippen LogP contribution is 2.40. The van der Waals surface area contributed by atoms with Gasteiger partial charge < -0.3 is 19.1 Å². The lowest BCUT2D eigenvalue weighted by atomic mass is 10.1. The van der Waals surface area contributed by atoms with Gasteiger partial charge in [0.2, 0.25) is 5.75 Å². The maximum atomic E-state index is 13.0. The molecule has 32 heavy (non-hydrogen) atoms. The summed E-state index contributed by atoms with van der Waals surface area (Å²) in [6, 6.07) is 6.32. The Kier molecular flexibility index (Phi) is 6.97. The highest BCUT2D eigenvalue weighted by molar-refractivity contribution is 5.65. The van der Waals surface area contributed by atoms with Crippen LogP contribution in [-0.4, -0.2) is 57.3 Å². The van der Waals surface area contributed by atoms with Gasteiger partial charge in [-0.3, -0.25) is 15.0 Å². The van der Waals surface area contributed by atoms with Crippen LogP contribution in [0.5, 0.6) is 17.2 Å². The van der Waals surface area contributed by atoms with Crippen molar-refractivity contribution >= 4 is 11.4 Å². The Bertz CT molecular complexity index is 976. The van der Waals surface area contributed by atoms with Crippen LogP contribution in [0.3, 0.4) is 0 Å². The van der Waals surface area contributed by atoms with Crippen LogP contribution in [0.1, 0.15) is 11.1 Å². The highest BCUT2D eigenvalue weighted by atomic mass is 19.4. The van der Waals surface area contributed by atoms with Crippen molar-refractivity contribution in [2.75, 3.05) is 52.4 Å². The smallest absolute Gasteiger partial charge is 0.416 e. The Morgan fingerprint density at radius 1 is 0.969 bits per heavy atom. The Morgan fingerprint density at radius 2 is 1.62 bits per heavy atom. The van der Waals surface area contributed by atoms with E-state index in [1.807, 2.05) is 6.07 Å². The van der Waals surface area contributed by atoms with E-state index in [1.54, 1.807) is 18.1 Å². The molecule has 0 N–H and O–H groups in total. The van der Waals surface area contributed by atoms with E-state index in [2.05, 4.69) is 4.90 Å². The van der Waals surface area contributed by atoms with E-state index in [4.69, 9.17) is 14.2 Å². The molecule has 0 amide bonds. The minimum absolute atomic E-state index is 0.186. The quantitative estimate of drug-likeness (QED) is 0.462. The topological polar surface area (TPSA) is 77.3 Å². The summed E-state index contributed by atoms with van der Waals surface area (Å²) in [5.41, 5.74) is -0.507. The van der Waals surface area contributed by atoms with Gasteiger partial charge >= 0.3 is 6.18 Å². The summed E-state index contributed by atoms with van der Waals surface area (Å²) in [5, 5.41) is 11.4. The predicted molar refractivity (Wildman–Crippen MR) is 112 cm³/mol. The molecule has 2 aromatic carbocycles. The first-order valence-corrected chi connectivity index (χ1v) is 9.80. The number of piperazine rings is 1. The van der Waals surface area contributed by atoms with E-state index in [9.17, 15) is 23.3 Å². The van der Waals surface area contributed by atoms with Crippen molar-refractivity contribution in [1.29, 1.82) is 0 Å². The van der Waals surface area contributed by atoms with E-state index < -0.39 is 22.4 Å². The molecule has 0 radical (unpaired) electrons. The summed E-state index contributed by atoms with van der Waals surface area (Å²) in [4.78, 5) is 14.5. The van der Waals surface area contributed by atoms with E-state index in [0.717, 1.165) is 11.6 Å². The second-order valence-corrected chi connectivity index (χ2v) is 7.22. The first-order chi connectivity index (χ1) is 15.2. The lowest BCUT2D eigenvalue weighted by molar-refractivity contribution is -0.384. The van der Waals surface area contributed by atoms with Crippen molar-refractivity contribution in [2.45, 2.75) is 12.7 Å². The average Bonchev–Trinajstić information content (AvgIpc) is 2.78. The van der Waals surface area contributed by atoms with Crippen LogP contribution in [0, 0.1) is 10.1 Å². The van der Waals surface area contributed by atoms with Crippen LogP contribution in [-0.2, 0) is 12.7 Å². The van der Waals surface area contributed by atoms with Crippen molar-refractivity contribution in [3.63, 3.8) is 0 Å². The summed E-state index contributed by atoms with van der Waals surface area (Å²) in [6.07, 6.45) is -4.64. The monoisotopic (exact) mass is 455 g/mol. The number of hydrogen-bond acceptors (Lipinski definition) is 7. The normalized spacial score (nSPS) is 14.9. The molecule has 1 saturated heterocycles. The van der Waals surface area contributed by atoms with Crippen LogP contribution in [0.2, 0.25) is 0 Å². The Labute approximate surface area is 183 Å². The van der Waals surface area contributed by atoms with Crippen LogP contribution in [0.25, 0.3) is 0 Å². The lowest BCUT2D eigenvalue weighted by Gasteiger charge is -2.36. The molecular formula is C21H24F3N3O5. The molecule has 0 atom stereocenters.